The zero-order valence-corrected chi connectivity index (χ0v) is 6.06. The van der Waals surface area contributed by atoms with Gasteiger partial charge in [0, 0.05) is 0 Å². The minimum Gasteiger partial charge on any atom is -0.393 e. The molecule has 1 radical (unpaired) electrons. The Labute approximate surface area is 63.9 Å². The molecule has 0 amide bonds. The zero-order valence-electron chi connectivity index (χ0n) is 6.06. The summed E-state index contributed by atoms with van der Waals surface area (Å²) in [4.78, 5) is 10.6. The lowest BCUT2D eigenvalue weighted by molar-refractivity contribution is -0.155. The van der Waals surface area contributed by atoms with Crippen molar-refractivity contribution in [3.05, 3.63) is 6.61 Å². The molecule has 2 atom stereocenters. The second kappa shape index (κ2) is 3.77. The van der Waals surface area contributed by atoms with Crippen LogP contribution in [0.5, 0.6) is 0 Å². The summed E-state index contributed by atoms with van der Waals surface area (Å²) in [6.45, 7) is 0.321. The van der Waals surface area contributed by atoms with Gasteiger partial charge in [-0.1, -0.05) is 0 Å². The number of Topliss-reactive ketones (excluding diaryl/α,β-unsaturated/α-hetero) is 1. The van der Waals surface area contributed by atoms with Gasteiger partial charge in [-0.2, -0.15) is 0 Å². The first kappa shape index (κ1) is 10.5. The summed E-state index contributed by atoms with van der Waals surface area (Å²) in [5.74, 6) is -0.808. The van der Waals surface area contributed by atoms with Gasteiger partial charge in [-0.05, 0) is 6.92 Å². The van der Waals surface area contributed by atoms with Crippen molar-refractivity contribution in [1.29, 1.82) is 0 Å². The molecule has 0 heterocycles. The van der Waals surface area contributed by atoms with Crippen LogP contribution in [0.2, 0.25) is 0 Å². The van der Waals surface area contributed by atoms with E-state index in [-0.39, 0.29) is 6.61 Å². The standard InChI is InChI=1S/C6H11O5/c1-4(9)6(11,3-8)5(10)2-7/h2,5,7-8,10-11H,3H2,1H3. The quantitative estimate of drug-likeness (QED) is 0.391. The van der Waals surface area contributed by atoms with Crippen molar-refractivity contribution >= 4 is 5.78 Å². The fraction of sp³-hybridized carbons (Fsp3) is 0.667. The highest BCUT2D eigenvalue weighted by atomic mass is 16.4. The van der Waals surface area contributed by atoms with E-state index in [9.17, 15) is 4.79 Å². The van der Waals surface area contributed by atoms with E-state index in [1.54, 1.807) is 0 Å². The fourth-order valence-corrected chi connectivity index (χ4v) is 0.536. The van der Waals surface area contributed by atoms with Crippen LogP contribution in [0.1, 0.15) is 6.92 Å². The first-order chi connectivity index (χ1) is 4.99. The molecule has 0 spiro atoms. The van der Waals surface area contributed by atoms with E-state index in [1.807, 2.05) is 0 Å². The second-order valence-electron chi connectivity index (χ2n) is 2.23. The van der Waals surface area contributed by atoms with Gasteiger partial charge in [0.15, 0.2) is 11.4 Å². The van der Waals surface area contributed by atoms with Crippen LogP contribution in [0.3, 0.4) is 0 Å². The van der Waals surface area contributed by atoms with Crippen LogP contribution in [-0.2, 0) is 4.79 Å². The smallest absolute Gasteiger partial charge is 0.174 e. The third kappa shape index (κ3) is 1.97. The van der Waals surface area contributed by atoms with E-state index in [4.69, 9.17) is 20.4 Å². The van der Waals surface area contributed by atoms with Crippen LogP contribution in [0.25, 0.3) is 0 Å². The van der Waals surface area contributed by atoms with Gasteiger partial charge in [-0.15, -0.1) is 0 Å². The zero-order chi connectivity index (χ0) is 9.07. The summed E-state index contributed by atoms with van der Waals surface area (Å²) in [6, 6.07) is 0. The van der Waals surface area contributed by atoms with Gasteiger partial charge in [-0.25, -0.2) is 0 Å². The number of carbonyl (C=O) groups is 1. The van der Waals surface area contributed by atoms with Crippen LogP contribution in [0, 0.1) is 6.61 Å². The molecule has 5 heteroatoms. The molecule has 0 saturated carbocycles. The van der Waals surface area contributed by atoms with E-state index in [2.05, 4.69) is 0 Å². The third-order valence-corrected chi connectivity index (χ3v) is 1.48. The highest BCUT2D eigenvalue weighted by Gasteiger charge is 2.39. The van der Waals surface area contributed by atoms with Gasteiger partial charge < -0.3 is 20.4 Å². The van der Waals surface area contributed by atoms with Crippen molar-refractivity contribution in [2.75, 3.05) is 6.61 Å². The lowest BCUT2D eigenvalue weighted by atomic mass is 9.94. The Morgan fingerprint density at radius 2 is 2.18 bits per heavy atom. The summed E-state index contributed by atoms with van der Waals surface area (Å²) in [7, 11) is 0. The summed E-state index contributed by atoms with van der Waals surface area (Å²) in [6.07, 6.45) is -1.76. The van der Waals surface area contributed by atoms with Gasteiger partial charge in [0.25, 0.3) is 0 Å². The van der Waals surface area contributed by atoms with Crippen molar-refractivity contribution in [2.24, 2.45) is 0 Å². The van der Waals surface area contributed by atoms with Gasteiger partial charge in [0.1, 0.15) is 12.7 Å². The highest BCUT2D eigenvalue weighted by Crippen LogP contribution is 2.12. The Morgan fingerprint density at radius 3 is 2.27 bits per heavy atom. The number of hydrogen-bond donors (Lipinski definition) is 4. The lowest BCUT2D eigenvalue weighted by Crippen LogP contribution is -2.51. The van der Waals surface area contributed by atoms with Crippen molar-refractivity contribution in [1.82, 2.24) is 0 Å². The minimum atomic E-state index is -2.28. The van der Waals surface area contributed by atoms with Gasteiger partial charge in [0.2, 0.25) is 0 Å². The SMILES string of the molecule is CC(=O)C(O)(CO)C(O)[CH]O. The molecule has 5 nitrogen and oxygen atoms in total. The molecular weight excluding hydrogens is 152 g/mol. The van der Waals surface area contributed by atoms with Crippen LogP contribution < -0.4 is 0 Å². The maximum atomic E-state index is 10.6. The van der Waals surface area contributed by atoms with E-state index >= 15 is 0 Å². The average Bonchev–Trinajstić information content (AvgIpc) is 2.01. The largest absolute Gasteiger partial charge is 0.393 e. The van der Waals surface area contributed by atoms with Gasteiger partial charge in [-0.3, -0.25) is 4.79 Å². The normalized spacial score (nSPS) is 19.0. The van der Waals surface area contributed by atoms with E-state index in [1.165, 1.54) is 0 Å². The van der Waals surface area contributed by atoms with Crippen LogP contribution in [-0.4, -0.2) is 44.5 Å². The molecule has 0 saturated heterocycles. The number of aliphatic hydroxyl groups is 4. The Bertz CT molecular complexity index is 146. The molecule has 0 fully saturated rings. The molecule has 0 aliphatic carbocycles. The predicted octanol–water partition coefficient (Wildman–Crippen LogP) is -1.81. The molecule has 0 bridgehead atoms. The number of ketones is 1. The highest BCUT2D eigenvalue weighted by molar-refractivity contribution is 5.85. The first-order valence-electron chi connectivity index (χ1n) is 2.99. The van der Waals surface area contributed by atoms with E-state index < -0.39 is 24.1 Å². The number of aliphatic hydroxyl groups excluding tert-OH is 3. The summed E-state index contributed by atoms with van der Waals surface area (Å²) in [5.41, 5.74) is -2.28. The Hall–Kier alpha value is -0.490. The molecule has 0 aromatic heterocycles. The Morgan fingerprint density at radius 1 is 1.73 bits per heavy atom. The van der Waals surface area contributed by atoms with Crippen LogP contribution in [0.4, 0.5) is 0 Å². The third-order valence-electron chi connectivity index (χ3n) is 1.48. The van der Waals surface area contributed by atoms with E-state index in [0.717, 1.165) is 6.92 Å². The lowest BCUT2D eigenvalue weighted by Gasteiger charge is -2.26. The van der Waals surface area contributed by atoms with Crippen LogP contribution in [0.15, 0.2) is 0 Å². The molecule has 0 aromatic rings. The van der Waals surface area contributed by atoms with Gasteiger partial charge in [0.05, 0.1) is 6.61 Å². The predicted molar refractivity (Wildman–Crippen MR) is 35.0 cm³/mol. The first-order valence-corrected chi connectivity index (χ1v) is 2.99. The van der Waals surface area contributed by atoms with Crippen molar-refractivity contribution in [3.63, 3.8) is 0 Å². The molecule has 0 rings (SSSR count). The number of carbonyl (C=O) groups excluding carboxylic acids is 1. The van der Waals surface area contributed by atoms with Crippen molar-refractivity contribution < 1.29 is 25.2 Å². The summed E-state index contributed by atoms with van der Waals surface area (Å²) >= 11 is 0. The molecule has 65 valence electrons. The van der Waals surface area contributed by atoms with Crippen LogP contribution >= 0.6 is 0 Å². The fourth-order valence-electron chi connectivity index (χ4n) is 0.536. The Balaban J connectivity index is 4.45. The minimum absolute atomic E-state index is 0.248. The molecule has 0 aliphatic heterocycles. The Kier molecular flexibility index (Phi) is 3.61. The van der Waals surface area contributed by atoms with Gasteiger partial charge >= 0.3 is 0 Å². The number of rotatable bonds is 4. The molecule has 0 aromatic carbocycles. The maximum absolute atomic E-state index is 10.6. The molecular formula is C6H11O5. The second-order valence-corrected chi connectivity index (χ2v) is 2.23. The molecule has 11 heavy (non-hydrogen) atoms. The van der Waals surface area contributed by atoms with E-state index in [0.29, 0.717) is 0 Å². The summed E-state index contributed by atoms with van der Waals surface area (Å²) < 4.78 is 0. The average molecular weight is 163 g/mol. The topological polar surface area (TPSA) is 98.0 Å². The number of hydrogen-bond acceptors (Lipinski definition) is 5. The molecule has 0 aliphatic rings. The monoisotopic (exact) mass is 163 g/mol. The molecule has 4 N–H and O–H groups in total. The van der Waals surface area contributed by atoms with Crippen molar-refractivity contribution in [3.8, 4) is 0 Å². The molecule has 2 unspecified atom stereocenters. The van der Waals surface area contributed by atoms with Crippen molar-refractivity contribution in [2.45, 2.75) is 18.6 Å². The summed E-state index contributed by atoms with van der Waals surface area (Å²) in [5, 5.41) is 34.7. The maximum Gasteiger partial charge on any atom is 0.174 e.